The lowest BCUT2D eigenvalue weighted by Gasteiger charge is -2.34. The molecule has 1 atom stereocenters. The van der Waals surface area contributed by atoms with E-state index in [1.54, 1.807) is 10.8 Å². The minimum Gasteiger partial charge on any atom is -0.352 e. The van der Waals surface area contributed by atoms with Gasteiger partial charge in [-0.1, -0.05) is 30.3 Å². The van der Waals surface area contributed by atoms with Crippen LogP contribution in [0.5, 0.6) is 0 Å². The molecule has 7 heteroatoms. The highest BCUT2D eigenvalue weighted by Gasteiger charge is 2.31. The van der Waals surface area contributed by atoms with Crippen LogP contribution in [0.15, 0.2) is 42.7 Å². The highest BCUT2D eigenvalue weighted by Crippen LogP contribution is 2.32. The summed E-state index contributed by atoms with van der Waals surface area (Å²) in [6.45, 7) is 5.37. The quantitative estimate of drug-likeness (QED) is 0.634. The molecule has 0 radical (unpaired) electrons. The van der Waals surface area contributed by atoms with Gasteiger partial charge >= 0.3 is 0 Å². The average molecular weight is 431 g/mol. The largest absolute Gasteiger partial charge is 0.352 e. The van der Waals surface area contributed by atoms with Crippen molar-refractivity contribution in [2.45, 2.75) is 45.1 Å². The van der Waals surface area contributed by atoms with E-state index in [1.165, 1.54) is 11.1 Å². The van der Waals surface area contributed by atoms with Crippen LogP contribution in [-0.2, 0) is 20.0 Å². The Morgan fingerprint density at radius 1 is 1.12 bits per heavy atom. The van der Waals surface area contributed by atoms with Crippen LogP contribution >= 0.6 is 0 Å². The van der Waals surface area contributed by atoms with E-state index >= 15 is 0 Å². The second kappa shape index (κ2) is 8.73. The molecule has 3 aromatic rings. The van der Waals surface area contributed by atoms with Crippen LogP contribution < -0.4 is 4.90 Å². The van der Waals surface area contributed by atoms with Crippen molar-refractivity contribution in [3.8, 4) is 0 Å². The molecule has 2 aliphatic heterocycles. The van der Waals surface area contributed by atoms with E-state index in [0.717, 1.165) is 62.7 Å². The molecule has 4 heterocycles. The van der Waals surface area contributed by atoms with Gasteiger partial charge in [0.15, 0.2) is 5.82 Å². The SMILES string of the molecule is Cc1nc(C2CCCN(C(=O)c3nccn3C)C2)nc2c1CCCN2Cc1ccccc1. The Morgan fingerprint density at radius 3 is 2.75 bits per heavy atom. The second-order valence-electron chi connectivity index (χ2n) is 8.93. The van der Waals surface area contributed by atoms with Crippen molar-refractivity contribution in [1.82, 2.24) is 24.4 Å². The number of benzene rings is 1. The molecule has 1 amide bonds. The van der Waals surface area contributed by atoms with E-state index in [0.29, 0.717) is 12.4 Å². The number of aromatic nitrogens is 4. The van der Waals surface area contributed by atoms with Crippen LogP contribution in [0.4, 0.5) is 5.82 Å². The minimum atomic E-state index is -0.0115. The zero-order valence-corrected chi connectivity index (χ0v) is 18.9. The number of rotatable bonds is 4. The standard InChI is InChI=1S/C25H30N6O/c1-18-21-11-7-13-30(16-19-8-4-3-5-9-19)23(21)28-22(27-18)20-10-6-14-31(17-20)25(32)24-26-12-15-29(24)2/h3-5,8-9,12,15,20H,6-7,10-11,13-14,16-17H2,1-2H3. The Morgan fingerprint density at radius 2 is 1.97 bits per heavy atom. The van der Waals surface area contributed by atoms with Crippen LogP contribution in [0.2, 0.25) is 0 Å². The van der Waals surface area contributed by atoms with Gasteiger partial charge in [-0.05, 0) is 38.2 Å². The molecule has 1 saturated heterocycles. The highest BCUT2D eigenvalue weighted by molar-refractivity contribution is 5.90. The summed E-state index contributed by atoms with van der Waals surface area (Å²) < 4.78 is 1.78. The van der Waals surface area contributed by atoms with Crippen LogP contribution in [-0.4, -0.2) is 50.0 Å². The molecule has 0 saturated carbocycles. The third-order valence-electron chi connectivity index (χ3n) is 6.67. The average Bonchev–Trinajstić information content (AvgIpc) is 3.25. The molecule has 5 rings (SSSR count). The molecule has 1 aromatic carbocycles. The molecule has 2 aromatic heterocycles. The Bertz CT molecular complexity index is 1110. The minimum absolute atomic E-state index is 0.0115. The van der Waals surface area contributed by atoms with Gasteiger partial charge < -0.3 is 14.4 Å². The summed E-state index contributed by atoms with van der Waals surface area (Å²) in [6, 6.07) is 10.6. The lowest BCUT2D eigenvalue weighted by molar-refractivity contribution is 0.0688. The van der Waals surface area contributed by atoms with Gasteiger partial charge in [0.2, 0.25) is 0 Å². The smallest absolute Gasteiger partial charge is 0.289 e. The number of aryl methyl sites for hydroxylation is 2. The number of carbonyl (C=O) groups excluding carboxylic acids is 1. The second-order valence-corrected chi connectivity index (χ2v) is 8.93. The number of likely N-dealkylation sites (tertiary alicyclic amines) is 1. The van der Waals surface area contributed by atoms with Crippen molar-refractivity contribution in [1.29, 1.82) is 0 Å². The third-order valence-corrected chi connectivity index (χ3v) is 6.67. The van der Waals surface area contributed by atoms with Gasteiger partial charge in [-0.2, -0.15) is 0 Å². The van der Waals surface area contributed by atoms with E-state index < -0.39 is 0 Å². The predicted molar refractivity (Wildman–Crippen MR) is 124 cm³/mol. The molecule has 32 heavy (non-hydrogen) atoms. The van der Waals surface area contributed by atoms with E-state index in [1.807, 2.05) is 18.1 Å². The molecule has 1 fully saturated rings. The maximum Gasteiger partial charge on any atom is 0.289 e. The first-order valence-electron chi connectivity index (χ1n) is 11.5. The monoisotopic (exact) mass is 430 g/mol. The van der Waals surface area contributed by atoms with Crippen molar-refractivity contribution >= 4 is 11.7 Å². The summed E-state index contributed by atoms with van der Waals surface area (Å²) in [4.78, 5) is 31.6. The van der Waals surface area contributed by atoms with E-state index in [-0.39, 0.29) is 11.8 Å². The van der Waals surface area contributed by atoms with Gasteiger partial charge in [0.05, 0.1) is 0 Å². The summed E-state index contributed by atoms with van der Waals surface area (Å²) in [5.41, 5.74) is 3.64. The lowest BCUT2D eigenvalue weighted by Crippen LogP contribution is -2.41. The van der Waals surface area contributed by atoms with Gasteiger partial charge in [-0.3, -0.25) is 4.79 Å². The molecule has 0 N–H and O–H groups in total. The first-order valence-corrected chi connectivity index (χ1v) is 11.5. The molecular weight excluding hydrogens is 400 g/mol. The molecule has 0 spiro atoms. The van der Waals surface area contributed by atoms with Crippen molar-refractivity contribution < 1.29 is 4.79 Å². The number of piperidine rings is 1. The maximum atomic E-state index is 13.0. The van der Waals surface area contributed by atoms with Crippen molar-refractivity contribution in [2.75, 3.05) is 24.5 Å². The highest BCUT2D eigenvalue weighted by atomic mass is 16.2. The van der Waals surface area contributed by atoms with Crippen LogP contribution in [0.1, 0.15) is 58.4 Å². The Hall–Kier alpha value is -3.22. The lowest BCUT2D eigenvalue weighted by atomic mass is 9.95. The first-order chi connectivity index (χ1) is 15.6. The molecule has 2 aliphatic rings. The summed E-state index contributed by atoms with van der Waals surface area (Å²) >= 11 is 0. The summed E-state index contributed by atoms with van der Waals surface area (Å²) in [6.07, 6.45) is 7.59. The number of imidazole rings is 1. The topological polar surface area (TPSA) is 67.2 Å². The van der Waals surface area contributed by atoms with Gasteiger partial charge in [0.1, 0.15) is 11.6 Å². The number of carbonyl (C=O) groups is 1. The Balaban J connectivity index is 1.40. The van der Waals surface area contributed by atoms with Crippen molar-refractivity contribution in [3.63, 3.8) is 0 Å². The third kappa shape index (κ3) is 3.99. The number of nitrogens with zero attached hydrogens (tertiary/aromatic N) is 6. The van der Waals surface area contributed by atoms with Crippen LogP contribution in [0, 0.1) is 6.92 Å². The Labute approximate surface area is 189 Å². The van der Waals surface area contributed by atoms with E-state index in [2.05, 4.69) is 47.1 Å². The van der Waals surface area contributed by atoms with Crippen LogP contribution in [0.25, 0.3) is 0 Å². The van der Waals surface area contributed by atoms with E-state index in [4.69, 9.17) is 9.97 Å². The summed E-state index contributed by atoms with van der Waals surface area (Å²) in [7, 11) is 1.86. The molecule has 1 unspecified atom stereocenters. The number of fused-ring (bicyclic) bond motifs is 1. The molecule has 0 bridgehead atoms. The van der Waals surface area contributed by atoms with Crippen molar-refractivity contribution in [3.05, 3.63) is 71.2 Å². The summed E-state index contributed by atoms with van der Waals surface area (Å²) in [5.74, 6) is 2.58. The molecule has 166 valence electrons. The predicted octanol–water partition coefficient (Wildman–Crippen LogP) is 3.49. The first kappa shape index (κ1) is 20.7. The zero-order chi connectivity index (χ0) is 22.1. The van der Waals surface area contributed by atoms with Gasteiger partial charge in [-0.15, -0.1) is 0 Å². The Kier molecular flexibility index (Phi) is 5.64. The normalized spacial score (nSPS) is 18.5. The van der Waals surface area contributed by atoms with Crippen LogP contribution in [0.3, 0.4) is 0 Å². The van der Waals surface area contributed by atoms with Gasteiger partial charge in [0, 0.05) is 62.8 Å². The fourth-order valence-electron chi connectivity index (χ4n) is 4.93. The number of anilines is 1. The van der Waals surface area contributed by atoms with Crippen molar-refractivity contribution in [2.24, 2.45) is 7.05 Å². The number of amides is 1. The summed E-state index contributed by atoms with van der Waals surface area (Å²) in [5, 5.41) is 0. The fraction of sp³-hybridized carbons (Fsp3) is 0.440. The van der Waals surface area contributed by atoms with Gasteiger partial charge in [-0.25, -0.2) is 15.0 Å². The molecular formula is C25H30N6O. The number of hydrogen-bond acceptors (Lipinski definition) is 5. The molecule has 7 nitrogen and oxygen atoms in total. The van der Waals surface area contributed by atoms with Gasteiger partial charge in [0.25, 0.3) is 5.91 Å². The fourth-order valence-corrected chi connectivity index (χ4v) is 4.93. The van der Waals surface area contributed by atoms with E-state index in [9.17, 15) is 4.79 Å². The molecule has 0 aliphatic carbocycles. The number of hydrogen-bond donors (Lipinski definition) is 0. The zero-order valence-electron chi connectivity index (χ0n) is 18.9. The maximum absolute atomic E-state index is 13.0.